The maximum atomic E-state index is 13.0. The number of benzene rings is 3. The summed E-state index contributed by atoms with van der Waals surface area (Å²) in [6.07, 6.45) is -4.71. The van der Waals surface area contributed by atoms with Crippen LogP contribution in [0.4, 0.5) is 18.9 Å². The first-order valence-corrected chi connectivity index (χ1v) is 11.9. The van der Waals surface area contributed by atoms with Crippen LogP contribution in [0.15, 0.2) is 77.7 Å². The molecule has 0 N–H and O–H groups in total. The quantitative estimate of drug-likeness (QED) is 0.222. The third-order valence-electron chi connectivity index (χ3n) is 5.14. The van der Waals surface area contributed by atoms with Crippen molar-refractivity contribution in [2.45, 2.75) is 37.5 Å². The molecule has 0 bridgehead atoms. The average molecular weight is 523 g/mol. The van der Waals surface area contributed by atoms with Crippen molar-refractivity contribution in [3.8, 4) is 5.75 Å². The lowest BCUT2D eigenvalue weighted by atomic mass is 10.1. The van der Waals surface area contributed by atoms with Crippen LogP contribution in [0.1, 0.15) is 35.3 Å². The molecule has 0 saturated heterocycles. The predicted molar refractivity (Wildman–Crippen MR) is 124 cm³/mol. The molecule has 1 amide bonds. The summed E-state index contributed by atoms with van der Waals surface area (Å²) in [5.74, 6) is -0.471. The van der Waals surface area contributed by atoms with Gasteiger partial charge in [-0.3, -0.25) is 14.9 Å². The van der Waals surface area contributed by atoms with Crippen LogP contribution in [0.5, 0.6) is 5.75 Å². The highest BCUT2D eigenvalue weighted by atomic mass is 32.2. The zero-order valence-electron chi connectivity index (χ0n) is 19.1. The van der Waals surface area contributed by atoms with Crippen LogP contribution >= 0.6 is 0 Å². The van der Waals surface area contributed by atoms with E-state index in [1.165, 1.54) is 53.4 Å². The van der Waals surface area contributed by atoms with Gasteiger partial charge in [0.05, 0.1) is 10.5 Å². The third-order valence-corrected chi connectivity index (χ3v) is 6.38. The molecule has 3 aromatic carbocycles. The first-order valence-electron chi connectivity index (χ1n) is 10.5. The van der Waals surface area contributed by atoms with Crippen LogP contribution in [-0.2, 0) is 22.8 Å². The van der Waals surface area contributed by atoms with E-state index in [9.17, 15) is 36.5 Å². The van der Waals surface area contributed by atoms with Crippen molar-refractivity contribution in [1.29, 1.82) is 0 Å². The molecule has 190 valence electrons. The average Bonchev–Trinajstić information content (AvgIpc) is 2.82. The van der Waals surface area contributed by atoms with Crippen LogP contribution in [0, 0.1) is 10.1 Å². The summed E-state index contributed by atoms with van der Waals surface area (Å²) in [5.41, 5.74) is -0.364. The first kappa shape index (κ1) is 26.7. The van der Waals surface area contributed by atoms with Gasteiger partial charge in [-0.05, 0) is 61.9 Å². The molecule has 0 fully saturated rings. The van der Waals surface area contributed by atoms with E-state index in [1.54, 1.807) is 13.8 Å². The van der Waals surface area contributed by atoms with Crippen molar-refractivity contribution in [3.05, 3.63) is 99.6 Å². The smallest absolute Gasteiger partial charge is 0.379 e. The molecule has 0 spiro atoms. The van der Waals surface area contributed by atoms with Crippen LogP contribution in [0.25, 0.3) is 0 Å². The Hall–Kier alpha value is -3.93. The Balaban J connectivity index is 1.75. The van der Waals surface area contributed by atoms with Crippen molar-refractivity contribution in [3.63, 3.8) is 0 Å². The molecule has 3 aromatic rings. The zero-order valence-corrected chi connectivity index (χ0v) is 19.9. The van der Waals surface area contributed by atoms with Gasteiger partial charge in [-0.1, -0.05) is 18.2 Å². The molecule has 0 aliphatic rings. The summed E-state index contributed by atoms with van der Waals surface area (Å²) in [6, 6.07) is 13.9. The maximum Gasteiger partial charge on any atom is 0.416 e. The molecule has 0 unspecified atom stereocenters. The van der Waals surface area contributed by atoms with Crippen molar-refractivity contribution < 1.29 is 35.5 Å². The summed E-state index contributed by atoms with van der Waals surface area (Å²) in [7, 11) is -4.52. The number of carbonyl (C=O) groups is 1. The van der Waals surface area contributed by atoms with Crippen LogP contribution in [-0.4, -0.2) is 30.2 Å². The van der Waals surface area contributed by atoms with Crippen molar-refractivity contribution in [2.75, 3.05) is 0 Å². The van der Waals surface area contributed by atoms with Gasteiger partial charge in [0.25, 0.3) is 11.6 Å². The van der Waals surface area contributed by atoms with Crippen LogP contribution in [0.2, 0.25) is 0 Å². The number of amides is 1. The van der Waals surface area contributed by atoms with E-state index in [0.29, 0.717) is 11.6 Å². The SMILES string of the molecule is CC(C)N(Cc1ccc(OS(=O)(=O)c2cccc(C(F)(F)F)c2)cc1)C(=O)c1ccc([N+](=O)[O-])cc1. The van der Waals surface area contributed by atoms with Crippen LogP contribution < -0.4 is 4.18 Å². The van der Waals surface area contributed by atoms with Crippen molar-refractivity contribution in [1.82, 2.24) is 4.90 Å². The van der Waals surface area contributed by atoms with E-state index in [4.69, 9.17) is 4.18 Å². The minimum atomic E-state index is -4.71. The molecule has 0 saturated carbocycles. The van der Waals surface area contributed by atoms with Gasteiger partial charge in [-0.25, -0.2) is 0 Å². The fourth-order valence-corrected chi connectivity index (χ4v) is 4.21. The highest BCUT2D eigenvalue weighted by Gasteiger charge is 2.32. The lowest BCUT2D eigenvalue weighted by Crippen LogP contribution is -2.36. The van der Waals surface area contributed by atoms with Crippen molar-refractivity contribution in [2.24, 2.45) is 0 Å². The second kappa shape index (κ2) is 10.4. The molecular weight excluding hydrogens is 501 g/mol. The Morgan fingerprint density at radius 1 is 1.03 bits per heavy atom. The van der Waals surface area contributed by atoms with E-state index in [-0.39, 0.29) is 35.5 Å². The standard InChI is InChI=1S/C24H21F3N2O6S/c1-16(2)28(23(30)18-8-10-20(11-9-18)29(31)32)15-17-6-12-21(13-7-17)35-36(33,34)22-5-3-4-19(14-22)24(25,26)27/h3-14,16H,15H2,1-2H3. The van der Waals surface area contributed by atoms with Gasteiger partial charge >= 0.3 is 16.3 Å². The summed E-state index contributed by atoms with van der Waals surface area (Å²) in [4.78, 5) is 24.1. The topological polar surface area (TPSA) is 107 Å². The zero-order chi connectivity index (χ0) is 26.7. The maximum absolute atomic E-state index is 13.0. The highest BCUT2D eigenvalue weighted by molar-refractivity contribution is 7.87. The fraction of sp³-hybridized carbons (Fsp3) is 0.208. The molecule has 0 atom stereocenters. The first-order chi connectivity index (χ1) is 16.8. The van der Waals surface area contributed by atoms with E-state index < -0.39 is 31.7 Å². The normalized spacial score (nSPS) is 11.8. The molecule has 0 aliphatic carbocycles. The fourth-order valence-electron chi connectivity index (χ4n) is 3.23. The molecule has 36 heavy (non-hydrogen) atoms. The van der Waals surface area contributed by atoms with Gasteiger partial charge < -0.3 is 9.08 Å². The molecule has 3 rings (SSSR count). The van der Waals surface area contributed by atoms with Gasteiger partial charge in [0.2, 0.25) is 0 Å². The Morgan fingerprint density at radius 2 is 1.64 bits per heavy atom. The molecule has 0 radical (unpaired) electrons. The van der Waals surface area contributed by atoms with E-state index in [1.807, 2.05) is 0 Å². The number of rotatable bonds is 8. The number of alkyl halides is 3. The molecular formula is C24H21F3N2O6S. The van der Waals surface area contributed by atoms with Gasteiger partial charge in [0.1, 0.15) is 10.6 Å². The molecule has 12 heteroatoms. The summed E-state index contributed by atoms with van der Waals surface area (Å²) in [5, 5.41) is 10.8. The number of nitro groups is 1. The Kier molecular flexibility index (Phi) is 7.68. The Labute approximate surface area is 205 Å². The van der Waals surface area contributed by atoms with Gasteiger partial charge in [0.15, 0.2) is 0 Å². The third kappa shape index (κ3) is 6.39. The minimum Gasteiger partial charge on any atom is -0.379 e. The number of nitrogens with zero attached hydrogens (tertiary/aromatic N) is 2. The summed E-state index contributed by atoms with van der Waals surface area (Å²) in [6.45, 7) is 3.74. The number of non-ortho nitro benzene ring substituents is 1. The minimum absolute atomic E-state index is 0.117. The molecule has 8 nitrogen and oxygen atoms in total. The predicted octanol–water partition coefficient (Wildman–Crippen LogP) is 5.43. The highest BCUT2D eigenvalue weighted by Crippen LogP contribution is 2.31. The molecule has 0 aliphatic heterocycles. The largest absolute Gasteiger partial charge is 0.416 e. The van der Waals surface area contributed by atoms with E-state index >= 15 is 0 Å². The van der Waals surface area contributed by atoms with E-state index in [2.05, 4.69) is 0 Å². The number of hydrogen-bond acceptors (Lipinski definition) is 6. The number of carbonyl (C=O) groups excluding carboxylic acids is 1. The van der Waals surface area contributed by atoms with Gasteiger partial charge in [0, 0.05) is 30.3 Å². The van der Waals surface area contributed by atoms with Crippen molar-refractivity contribution >= 4 is 21.7 Å². The van der Waals surface area contributed by atoms with Gasteiger partial charge in [-0.15, -0.1) is 0 Å². The summed E-state index contributed by atoms with van der Waals surface area (Å²) >= 11 is 0. The number of halogens is 3. The second-order valence-electron chi connectivity index (χ2n) is 8.04. The lowest BCUT2D eigenvalue weighted by molar-refractivity contribution is -0.384. The second-order valence-corrected chi connectivity index (χ2v) is 9.58. The monoisotopic (exact) mass is 522 g/mol. The Bertz CT molecular complexity index is 1360. The Morgan fingerprint density at radius 3 is 2.17 bits per heavy atom. The lowest BCUT2D eigenvalue weighted by Gasteiger charge is -2.27. The summed E-state index contributed by atoms with van der Waals surface area (Å²) < 4.78 is 68.6. The number of nitro benzene ring substituents is 1. The number of hydrogen-bond donors (Lipinski definition) is 0. The molecule has 0 aromatic heterocycles. The van der Waals surface area contributed by atoms with Crippen LogP contribution in [0.3, 0.4) is 0 Å². The van der Waals surface area contributed by atoms with Gasteiger partial charge in [-0.2, -0.15) is 21.6 Å². The van der Waals surface area contributed by atoms with E-state index in [0.717, 1.165) is 18.2 Å². The molecule has 0 heterocycles.